The largest absolute Gasteiger partial charge is 0.480 e. The number of allylic oxidation sites excluding steroid dienone is 10. The van der Waals surface area contributed by atoms with Crippen LogP contribution in [0.5, 0.6) is 0 Å². The van der Waals surface area contributed by atoms with Gasteiger partial charge in [-0.2, -0.15) is 0 Å². The number of carboxylic acids is 1. The third-order valence-corrected chi connectivity index (χ3v) is 11.2. The van der Waals surface area contributed by atoms with Crippen molar-refractivity contribution < 1.29 is 47.5 Å². The lowest BCUT2D eigenvalue weighted by atomic mass is 10.1. The maximum atomic E-state index is 12.6. The highest BCUT2D eigenvalue weighted by molar-refractivity contribution is 7.47. The number of aliphatic carboxylic acids is 1. The molecule has 0 aliphatic heterocycles. The number of carbonyl (C=O) groups excluding carboxylic acids is 2. The van der Waals surface area contributed by atoms with E-state index in [0.29, 0.717) is 19.3 Å². The van der Waals surface area contributed by atoms with Crippen molar-refractivity contribution in [1.29, 1.82) is 0 Å². The number of phosphoric ester groups is 1. The number of carbonyl (C=O) groups is 3. The quantitative estimate of drug-likeness (QED) is 0.0230. The molecule has 1 unspecified atom stereocenters. The molecule has 0 aliphatic rings. The molecular formula is C50H88NO10P. The molecule has 11 nitrogen and oxygen atoms in total. The standard InChI is InChI=1S/C50H88NO10P/c1-3-5-7-9-11-13-15-17-19-21-22-23-24-26-28-30-32-34-36-38-40-42-49(53)61-46(44-59-62(56,57)60-45-47(51)50(54)55)43-58-48(52)41-39-37-35-33-31-29-27-25-20-18-16-14-12-10-8-6-4-2/h14,16,19,21,23-24,28,30,34,36,46-47H,3-13,15,17-18,20,22,25-27,29,31-33,35,37-45,51H2,1-2H3,(H,54,55)(H,56,57)/b16-14+,21-19+,24-23+,30-28+,36-34+/t46-,47+/m1/s1. The maximum absolute atomic E-state index is 12.6. The maximum Gasteiger partial charge on any atom is 0.472 e. The summed E-state index contributed by atoms with van der Waals surface area (Å²) in [7, 11) is -4.74. The Kier molecular flexibility index (Phi) is 42.7. The second kappa shape index (κ2) is 44.8. The van der Waals surface area contributed by atoms with Gasteiger partial charge in [0, 0.05) is 12.8 Å². The van der Waals surface area contributed by atoms with E-state index in [1.807, 2.05) is 12.2 Å². The van der Waals surface area contributed by atoms with E-state index in [9.17, 15) is 23.8 Å². The first-order valence-electron chi connectivity index (χ1n) is 24.3. The fourth-order valence-corrected chi connectivity index (χ4v) is 7.18. The molecule has 358 valence electrons. The fourth-order valence-electron chi connectivity index (χ4n) is 6.41. The zero-order valence-corrected chi connectivity index (χ0v) is 39.8. The Hall–Kier alpha value is -2.82. The molecular weight excluding hydrogens is 806 g/mol. The van der Waals surface area contributed by atoms with Gasteiger partial charge in [0.2, 0.25) is 0 Å². The van der Waals surface area contributed by atoms with Crippen LogP contribution in [0.1, 0.15) is 206 Å². The lowest BCUT2D eigenvalue weighted by molar-refractivity contribution is -0.161. The highest BCUT2D eigenvalue weighted by atomic mass is 31.2. The Labute approximate surface area is 377 Å². The van der Waals surface area contributed by atoms with Crippen LogP contribution >= 0.6 is 7.82 Å². The topological polar surface area (TPSA) is 172 Å². The zero-order chi connectivity index (χ0) is 45.6. The monoisotopic (exact) mass is 894 g/mol. The SMILES string of the molecule is CCCCCC/C=C/CCCCCCCCCCCC(=O)OC[C@H](COP(=O)(O)OC[C@H](N)C(=O)O)OC(=O)CCC/C=C/C/C=C/C/C=C/C/C=C/CCCCCCCCC. The van der Waals surface area contributed by atoms with E-state index in [-0.39, 0.29) is 19.4 Å². The molecule has 0 aromatic rings. The second-order valence-corrected chi connectivity index (χ2v) is 17.7. The Morgan fingerprint density at radius 1 is 0.500 bits per heavy atom. The third kappa shape index (κ3) is 43.8. The van der Waals surface area contributed by atoms with Gasteiger partial charge < -0.3 is 25.2 Å². The van der Waals surface area contributed by atoms with E-state index >= 15 is 0 Å². The van der Waals surface area contributed by atoms with Crippen molar-refractivity contribution in [2.24, 2.45) is 5.73 Å². The number of ether oxygens (including phenoxy) is 2. The van der Waals surface area contributed by atoms with Crippen molar-refractivity contribution in [3.63, 3.8) is 0 Å². The first-order chi connectivity index (χ1) is 30.1. The smallest absolute Gasteiger partial charge is 0.472 e. The van der Waals surface area contributed by atoms with Crippen LogP contribution in [0.25, 0.3) is 0 Å². The molecule has 0 fully saturated rings. The summed E-state index contributed by atoms with van der Waals surface area (Å²) in [4.78, 5) is 46.1. The average Bonchev–Trinajstić information content (AvgIpc) is 3.25. The molecule has 0 aliphatic carbocycles. The van der Waals surface area contributed by atoms with Crippen molar-refractivity contribution in [3.05, 3.63) is 60.8 Å². The van der Waals surface area contributed by atoms with Gasteiger partial charge in [-0.3, -0.25) is 23.4 Å². The van der Waals surface area contributed by atoms with Crippen LogP contribution in [0.3, 0.4) is 0 Å². The van der Waals surface area contributed by atoms with E-state index in [1.165, 1.54) is 122 Å². The van der Waals surface area contributed by atoms with Gasteiger partial charge in [-0.05, 0) is 77.0 Å². The van der Waals surface area contributed by atoms with Gasteiger partial charge in [0.15, 0.2) is 6.10 Å². The average molecular weight is 894 g/mol. The Morgan fingerprint density at radius 2 is 0.871 bits per heavy atom. The molecule has 0 bridgehead atoms. The fraction of sp³-hybridized carbons (Fsp3) is 0.740. The Bertz CT molecular complexity index is 1280. The first kappa shape index (κ1) is 59.2. The van der Waals surface area contributed by atoms with Gasteiger partial charge >= 0.3 is 25.7 Å². The summed E-state index contributed by atoms with van der Waals surface area (Å²) in [5.41, 5.74) is 5.34. The van der Waals surface area contributed by atoms with E-state index in [0.717, 1.165) is 38.5 Å². The first-order valence-corrected chi connectivity index (χ1v) is 25.8. The second-order valence-electron chi connectivity index (χ2n) is 16.2. The molecule has 0 rings (SSSR count). The van der Waals surface area contributed by atoms with Gasteiger partial charge in [0.25, 0.3) is 0 Å². The molecule has 0 saturated heterocycles. The van der Waals surface area contributed by atoms with Crippen molar-refractivity contribution >= 4 is 25.7 Å². The van der Waals surface area contributed by atoms with E-state index in [4.69, 9.17) is 24.8 Å². The van der Waals surface area contributed by atoms with Gasteiger partial charge in [-0.15, -0.1) is 0 Å². The number of esters is 2. The molecule has 0 radical (unpaired) electrons. The highest BCUT2D eigenvalue weighted by Gasteiger charge is 2.28. The molecule has 4 N–H and O–H groups in total. The number of hydrogen-bond donors (Lipinski definition) is 3. The molecule has 0 heterocycles. The van der Waals surface area contributed by atoms with Crippen LogP contribution in [-0.4, -0.2) is 59.9 Å². The van der Waals surface area contributed by atoms with Crippen LogP contribution in [0.4, 0.5) is 0 Å². The number of unbranched alkanes of at least 4 members (excludes halogenated alkanes) is 21. The molecule has 0 spiro atoms. The minimum Gasteiger partial charge on any atom is -0.480 e. The lowest BCUT2D eigenvalue weighted by Crippen LogP contribution is -2.34. The summed E-state index contributed by atoms with van der Waals surface area (Å²) in [6.07, 6.45) is 52.9. The lowest BCUT2D eigenvalue weighted by Gasteiger charge is -2.20. The summed E-state index contributed by atoms with van der Waals surface area (Å²) in [6, 6.07) is -1.53. The number of carboxylic acid groups (broad SMARTS) is 1. The van der Waals surface area contributed by atoms with E-state index < -0.39 is 51.1 Å². The van der Waals surface area contributed by atoms with Crippen molar-refractivity contribution in [2.75, 3.05) is 19.8 Å². The van der Waals surface area contributed by atoms with Crippen molar-refractivity contribution in [3.8, 4) is 0 Å². The summed E-state index contributed by atoms with van der Waals surface area (Å²) in [6.45, 7) is 2.75. The summed E-state index contributed by atoms with van der Waals surface area (Å²) in [5, 5.41) is 8.91. The van der Waals surface area contributed by atoms with Crippen LogP contribution in [0.2, 0.25) is 0 Å². The van der Waals surface area contributed by atoms with Crippen LogP contribution in [0, 0.1) is 0 Å². The molecule has 3 atom stereocenters. The molecule has 0 aromatic heterocycles. The number of nitrogens with two attached hydrogens (primary N) is 1. The molecule has 0 amide bonds. The van der Waals surface area contributed by atoms with Gasteiger partial charge in [-0.1, -0.05) is 177 Å². The molecule has 0 saturated carbocycles. The highest BCUT2D eigenvalue weighted by Crippen LogP contribution is 2.43. The minimum atomic E-state index is -4.74. The number of rotatable bonds is 45. The van der Waals surface area contributed by atoms with Gasteiger partial charge in [-0.25, -0.2) is 4.57 Å². The van der Waals surface area contributed by atoms with E-state index in [2.05, 4.69) is 67.0 Å². The van der Waals surface area contributed by atoms with Crippen LogP contribution < -0.4 is 5.73 Å². The number of hydrogen-bond acceptors (Lipinski definition) is 9. The number of phosphoric acid groups is 1. The van der Waals surface area contributed by atoms with Crippen LogP contribution in [0.15, 0.2) is 60.8 Å². The molecule has 62 heavy (non-hydrogen) atoms. The third-order valence-electron chi connectivity index (χ3n) is 10.2. The van der Waals surface area contributed by atoms with Gasteiger partial charge in [0.1, 0.15) is 12.6 Å². The minimum absolute atomic E-state index is 0.0836. The molecule has 12 heteroatoms. The summed E-state index contributed by atoms with van der Waals surface area (Å²) in [5.74, 6) is -2.45. The van der Waals surface area contributed by atoms with Crippen molar-refractivity contribution in [1.82, 2.24) is 0 Å². The van der Waals surface area contributed by atoms with Crippen LogP contribution in [-0.2, 0) is 37.5 Å². The van der Waals surface area contributed by atoms with E-state index in [1.54, 1.807) is 0 Å². The summed E-state index contributed by atoms with van der Waals surface area (Å²) < 4.78 is 32.7. The zero-order valence-electron chi connectivity index (χ0n) is 38.9. The Morgan fingerprint density at radius 3 is 1.35 bits per heavy atom. The Balaban J connectivity index is 4.40. The predicted octanol–water partition coefficient (Wildman–Crippen LogP) is 13.5. The summed E-state index contributed by atoms with van der Waals surface area (Å²) >= 11 is 0. The molecule has 0 aromatic carbocycles. The van der Waals surface area contributed by atoms with Crippen molar-refractivity contribution in [2.45, 2.75) is 219 Å². The predicted molar refractivity (Wildman–Crippen MR) is 254 cm³/mol. The van der Waals surface area contributed by atoms with Gasteiger partial charge in [0.05, 0.1) is 13.2 Å². The normalized spacial score (nSPS) is 14.1.